The predicted molar refractivity (Wildman–Crippen MR) is 195 cm³/mol. The first-order chi connectivity index (χ1) is 25.4. The molecule has 3 N–H and O–H groups in total. The van der Waals surface area contributed by atoms with Crippen molar-refractivity contribution in [2.75, 3.05) is 26.5 Å². The highest BCUT2D eigenvalue weighted by molar-refractivity contribution is 5.69. The van der Waals surface area contributed by atoms with E-state index < -0.39 is 12.2 Å². The quantitative estimate of drug-likeness (QED) is 0.254. The fourth-order valence-corrected chi connectivity index (χ4v) is 12.4. The monoisotopic (exact) mass is 735 g/mol. The van der Waals surface area contributed by atoms with Crippen molar-refractivity contribution in [3.05, 3.63) is 53.8 Å². The highest BCUT2D eigenvalue weighted by Crippen LogP contribution is 2.68. The summed E-state index contributed by atoms with van der Waals surface area (Å²) in [7, 11) is 0. The summed E-state index contributed by atoms with van der Waals surface area (Å²) in [6.07, 6.45) is 6.53. The molecule has 0 radical (unpaired) electrons. The van der Waals surface area contributed by atoms with Crippen molar-refractivity contribution < 1.29 is 43.6 Å². The molecule has 5 fully saturated rings. The third kappa shape index (κ3) is 6.84. The molecule has 0 spiro atoms. The highest BCUT2D eigenvalue weighted by Gasteiger charge is 2.65. The van der Waals surface area contributed by atoms with E-state index in [1.807, 2.05) is 30.3 Å². The smallest absolute Gasteiger partial charge is 0.325 e. The molecule has 9 nitrogen and oxygen atoms in total. The van der Waals surface area contributed by atoms with E-state index in [0.717, 1.165) is 50.5 Å². The first kappa shape index (κ1) is 37.0. The van der Waals surface area contributed by atoms with Crippen molar-refractivity contribution in [2.24, 2.45) is 52.3 Å². The van der Waals surface area contributed by atoms with Crippen molar-refractivity contribution in [1.29, 1.82) is 0 Å². The number of hydroxylamine groups is 2. The Kier molecular flexibility index (Phi) is 10.2. The molecule has 6 aliphatic rings. The van der Waals surface area contributed by atoms with Crippen LogP contribution in [0, 0.1) is 58.1 Å². The van der Waals surface area contributed by atoms with Crippen LogP contribution in [0.2, 0.25) is 0 Å². The third-order valence-corrected chi connectivity index (χ3v) is 15.4. The lowest BCUT2D eigenvalue weighted by molar-refractivity contribution is -0.207. The SMILES string of the molecule is CC(CCC(=O)ON1CC[C@@H](c2ccc(F)cc2)[C@H](COc2ccc3c(c2)OCO3)C1)C1CCC2C3C(O)CC4CC(O)CCC4(C)C3CC(O)C12C. The Morgan fingerprint density at radius 3 is 2.58 bits per heavy atom. The molecule has 10 heteroatoms. The number of hydrogen-bond acceptors (Lipinski definition) is 9. The maximum Gasteiger partial charge on any atom is 0.325 e. The Bertz CT molecular complexity index is 1620. The van der Waals surface area contributed by atoms with Crippen LogP contribution in [0.5, 0.6) is 17.2 Å². The average molecular weight is 736 g/mol. The number of hydrogen-bond donors (Lipinski definition) is 3. The van der Waals surface area contributed by atoms with Crippen LogP contribution in [0.15, 0.2) is 42.5 Å². The molecule has 1 saturated heterocycles. The van der Waals surface area contributed by atoms with E-state index in [1.54, 1.807) is 5.06 Å². The number of ether oxygens (including phenoxy) is 3. The van der Waals surface area contributed by atoms with Crippen LogP contribution in [-0.2, 0) is 9.63 Å². The van der Waals surface area contributed by atoms with Gasteiger partial charge in [-0.15, -0.1) is 5.06 Å². The number of nitrogens with zero attached hydrogens (tertiary/aromatic N) is 1. The maximum absolute atomic E-state index is 13.8. The minimum absolute atomic E-state index is 0.00954. The lowest BCUT2D eigenvalue weighted by Gasteiger charge is -2.63. The lowest BCUT2D eigenvalue weighted by atomic mass is 9.43. The Balaban J connectivity index is 0.886. The number of aliphatic hydroxyl groups excluding tert-OH is 3. The van der Waals surface area contributed by atoms with E-state index in [2.05, 4.69) is 20.8 Å². The van der Waals surface area contributed by atoms with E-state index in [0.29, 0.717) is 62.1 Å². The van der Waals surface area contributed by atoms with Gasteiger partial charge in [0, 0.05) is 31.5 Å². The van der Waals surface area contributed by atoms with Gasteiger partial charge in [0.25, 0.3) is 0 Å². The Labute approximate surface area is 313 Å². The van der Waals surface area contributed by atoms with Gasteiger partial charge in [-0.05, 0) is 140 Å². The molecule has 13 atom stereocenters. The summed E-state index contributed by atoms with van der Waals surface area (Å²) in [5.41, 5.74) is 0.775. The minimum atomic E-state index is -0.454. The maximum atomic E-state index is 13.8. The number of piperidine rings is 1. The summed E-state index contributed by atoms with van der Waals surface area (Å²) in [6.45, 7) is 8.48. The van der Waals surface area contributed by atoms with E-state index in [-0.39, 0.29) is 76.9 Å². The first-order valence-electron chi connectivity index (χ1n) is 20.2. The molecular weight excluding hydrogens is 677 g/mol. The number of aliphatic hydroxyl groups is 3. The van der Waals surface area contributed by atoms with Gasteiger partial charge in [-0.2, -0.15) is 0 Å². The van der Waals surface area contributed by atoms with Gasteiger partial charge in [0.05, 0.1) is 24.9 Å². The molecule has 2 aromatic carbocycles. The molecule has 2 heterocycles. The largest absolute Gasteiger partial charge is 0.493 e. The van der Waals surface area contributed by atoms with Gasteiger partial charge >= 0.3 is 5.97 Å². The molecule has 0 amide bonds. The van der Waals surface area contributed by atoms with Gasteiger partial charge in [0.1, 0.15) is 11.6 Å². The average Bonchev–Trinajstić information content (AvgIpc) is 3.76. The van der Waals surface area contributed by atoms with Gasteiger partial charge in [0.2, 0.25) is 6.79 Å². The molecule has 290 valence electrons. The Morgan fingerprint density at radius 2 is 1.77 bits per heavy atom. The van der Waals surface area contributed by atoms with Gasteiger partial charge in [-0.1, -0.05) is 32.9 Å². The number of carbonyl (C=O) groups excluding carboxylic acids is 1. The van der Waals surface area contributed by atoms with Crippen LogP contribution >= 0.6 is 0 Å². The second-order valence-corrected chi connectivity index (χ2v) is 17.9. The zero-order chi connectivity index (χ0) is 37.1. The molecule has 2 aliphatic heterocycles. The van der Waals surface area contributed by atoms with Gasteiger partial charge in [-0.25, -0.2) is 4.39 Å². The van der Waals surface area contributed by atoms with Crippen LogP contribution < -0.4 is 14.2 Å². The van der Waals surface area contributed by atoms with E-state index in [4.69, 9.17) is 19.0 Å². The van der Waals surface area contributed by atoms with Crippen molar-refractivity contribution >= 4 is 5.97 Å². The molecule has 53 heavy (non-hydrogen) atoms. The fourth-order valence-electron chi connectivity index (χ4n) is 12.4. The Morgan fingerprint density at radius 1 is 0.981 bits per heavy atom. The molecule has 0 aromatic heterocycles. The summed E-state index contributed by atoms with van der Waals surface area (Å²) in [5.74, 6) is 3.03. The van der Waals surface area contributed by atoms with Gasteiger partial charge in [-0.3, -0.25) is 4.79 Å². The zero-order valence-electron chi connectivity index (χ0n) is 31.5. The molecule has 4 aliphatic carbocycles. The van der Waals surface area contributed by atoms with E-state index in [9.17, 15) is 24.5 Å². The van der Waals surface area contributed by atoms with Crippen molar-refractivity contribution in [3.8, 4) is 17.2 Å². The summed E-state index contributed by atoms with van der Waals surface area (Å²) >= 11 is 0. The third-order valence-electron chi connectivity index (χ3n) is 15.4. The molecule has 8 rings (SSSR count). The van der Waals surface area contributed by atoms with Crippen molar-refractivity contribution in [1.82, 2.24) is 5.06 Å². The van der Waals surface area contributed by atoms with Gasteiger partial charge < -0.3 is 34.4 Å². The lowest BCUT2D eigenvalue weighted by Crippen LogP contribution is -2.62. The minimum Gasteiger partial charge on any atom is -0.493 e. The van der Waals surface area contributed by atoms with E-state index >= 15 is 0 Å². The summed E-state index contributed by atoms with van der Waals surface area (Å²) < 4.78 is 31.0. The first-order valence-corrected chi connectivity index (χ1v) is 20.2. The molecular formula is C43H58FNO8. The van der Waals surface area contributed by atoms with Crippen LogP contribution in [0.25, 0.3) is 0 Å². The van der Waals surface area contributed by atoms with E-state index in [1.165, 1.54) is 12.1 Å². The highest BCUT2D eigenvalue weighted by atomic mass is 19.1. The summed E-state index contributed by atoms with van der Waals surface area (Å²) in [4.78, 5) is 19.4. The molecule has 4 saturated carbocycles. The fraction of sp³-hybridized carbons (Fsp3) is 0.698. The molecule has 11 unspecified atom stereocenters. The zero-order valence-corrected chi connectivity index (χ0v) is 31.5. The topological polar surface area (TPSA) is 118 Å². The summed E-state index contributed by atoms with van der Waals surface area (Å²) in [6, 6.07) is 12.2. The van der Waals surface area contributed by atoms with Crippen molar-refractivity contribution in [3.63, 3.8) is 0 Å². The second-order valence-electron chi connectivity index (χ2n) is 17.9. The van der Waals surface area contributed by atoms with Crippen LogP contribution in [-0.4, -0.2) is 71.2 Å². The number of fused-ring (bicyclic) bond motifs is 6. The Hall–Kier alpha value is -2.92. The predicted octanol–water partition coefficient (Wildman–Crippen LogP) is 6.87. The molecule has 2 aromatic rings. The van der Waals surface area contributed by atoms with Crippen molar-refractivity contribution in [2.45, 2.75) is 109 Å². The number of carbonyl (C=O) groups is 1. The number of benzene rings is 2. The second kappa shape index (κ2) is 14.6. The van der Waals surface area contributed by atoms with Crippen LogP contribution in [0.1, 0.15) is 96.5 Å². The van der Waals surface area contributed by atoms with Crippen LogP contribution in [0.4, 0.5) is 4.39 Å². The summed E-state index contributed by atoms with van der Waals surface area (Å²) in [5, 5.41) is 35.8. The number of rotatable bonds is 9. The van der Waals surface area contributed by atoms with Gasteiger partial charge in [0.15, 0.2) is 11.5 Å². The number of halogens is 1. The van der Waals surface area contributed by atoms with Crippen LogP contribution in [0.3, 0.4) is 0 Å². The molecule has 0 bridgehead atoms. The standard InChI is InChI=1S/C43H58FNO8/c1-25(33-10-11-34-41-35(21-39(48)43(33,34)3)42(2)16-14-30(46)18-28(42)19-36(41)47)4-13-40(49)53-45-17-15-32(26-5-7-29(44)8-6-26)27(22-45)23-50-31-9-12-37-38(20-31)52-24-51-37/h5-9,12,20,25,27-28,30,32-36,39,41,46-48H,4,10-11,13-19,21-24H2,1-3H3/t25?,27-,28?,30?,32-,33?,34?,35?,36?,39?,41?,42?,43?/m0/s1. The normalized spacial score (nSPS) is 39.8.